The number of esters is 1. The van der Waals surface area contributed by atoms with Gasteiger partial charge in [0.05, 0.1) is 6.42 Å². The maximum Gasteiger partial charge on any atom is 0.307 e. The summed E-state index contributed by atoms with van der Waals surface area (Å²) in [7, 11) is 0. The average molecular weight is 517 g/mol. The van der Waals surface area contributed by atoms with E-state index in [1.165, 1.54) is 64.2 Å². The lowest BCUT2D eigenvalue weighted by Gasteiger charge is -2.16. The molecule has 0 aliphatic rings. The van der Waals surface area contributed by atoms with Crippen LogP contribution < -0.4 is 0 Å². The van der Waals surface area contributed by atoms with Crippen molar-refractivity contribution in [1.29, 1.82) is 0 Å². The van der Waals surface area contributed by atoms with E-state index < -0.39 is 12.1 Å². The van der Waals surface area contributed by atoms with Crippen LogP contribution >= 0.6 is 0 Å². The van der Waals surface area contributed by atoms with Gasteiger partial charge < -0.3 is 9.84 Å². The quantitative estimate of drug-likeness (QED) is 0.0705. The topological polar surface area (TPSA) is 63.6 Å². The molecule has 0 aromatic carbocycles. The van der Waals surface area contributed by atoms with Gasteiger partial charge in [0.15, 0.2) is 0 Å². The molecule has 0 rings (SSSR count). The lowest BCUT2D eigenvalue weighted by molar-refractivity contribution is -0.153. The number of ether oxygens (including phenoxy) is 1. The van der Waals surface area contributed by atoms with Gasteiger partial charge >= 0.3 is 11.9 Å². The number of unbranched alkanes of at least 4 members (excludes halogenated alkanes) is 11. The SMILES string of the molecule is CCCCC/C=C\C/C=C\C/C=C\C/C=C\CCCC(=O)OC(CCCCCCCCCC)CC(=O)O. The third-order valence-corrected chi connectivity index (χ3v) is 6.29. The molecule has 0 spiro atoms. The normalized spacial score (nSPS) is 12.9. The molecule has 4 nitrogen and oxygen atoms in total. The Balaban J connectivity index is 3.85. The van der Waals surface area contributed by atoms with Crippen molar-refractivity contribution in [2.45, 2.75) is 148 Å². The lowest BCUT2D eigenvalue weighted by Crippen LogP contribution is -2.21. The summed E-state index contributed by atoms with van der Waals surface area (Å²) in [6, 6.07) is 0. The number of carboxylic acids is 1. The molecule has 1 unspecified atom stereocenters. The summed E-state index contributed by atoms with van der Waals surface area (Å²) in [5, 5.41) is 9.14. The molecular weight excluding hydrogens is 460 g/mol. The van der Waals surface area contributed by atoms with Crippen LogP contribution in [0.4, 0.5) is 0 Å². The molecule has 212 valence electrons. The van der Waals surface area contributed by atoms with Gasteiger partial charge in [-0.25, -0.2) is 0 Å². The Hall–Kier alpha value is -2.10. The van der Waals surface area contributed by atoms with Crippen molar-refractivity contribution in [3.63, 3.8) is 0 Å². The Morgan fingerprint density at radius 1 is 0.622 bits per heavy atom. The van der Waals surface area contributed by atoms with E-state index in [0.717, 1.165) is 44.9 Å². The summed E-state index contributed by atoms with van der Waals surface area (Å²) in [6.07, 6.45) is 37.0. The van der Waals surface area contributed by atoms with E-state index in [9.17, 15) is 9.59 Å². The maximum atomic E-state index is 12.2. The summed E-state index contributed by atoms with van der Waals surface area (Å²) in [6.45, 7) is 4.45. The van der Waals surface area contributed by atoms with E-state index >= 15 is 0 Å². The van der Waals surface area contributed by atoms with Crippen LogP contribution in [-0.4, -0.2) is 23.1 Å². The molecule has 0 radical (unpaired) electrons. The molecular formula is C33H56O4. The number of hydrogen-bond acceptors (Lipinski definition) is 3. The fourth-order valence-electron chi connectivity index (χ4n) is 4.07. The van der Waals surface area contributed by atoms with Gasteiger partial charge in [0.25, 0.3) is 0 Å². The van der Waals surface area contributed by atoms with Crippen LogP contribution in [-0.2, 0) is 14.3 Å². The van der Waals surface area contributed by atoms with Gasteiger partial charge in [-0.2, -0.15) is 0 Å². The zero-order valence-corrected chi connectivity index (χ0v) is 24.0. The Morgan fingerprint density at radius 3 is 1.62 bits per heavy atom. The highest BCUT2D eigenvalue weighted by atomic mass is 16.5. The van der Waals surface area contributed by atoms with E-state index in [2.05, 4.69) is 62.5 Å². The Kier molecular flexibility index (Phi) is 26.9. The van der Waals surface area contributed by atoms with E-state index in [0.29, 0.717) is 12.8 Å². The highest BCUT2D eigenvalue weighted by Gasteiger charge is 2.17. The first-order valence-electron chi connectivity index (χ1n) is 15.1. The number of aliphatic carboxylic acids is 1. The second kappa shape index (κ2) is 28.5. The van der Waals surface area contributed by atoms with Crippen molar-refractivity contribution in [1.82, 2.24) is 0 Å². The van der Waals surface area contributed by atoms with E-state index in [4.69, 9.17) is 9.84 Å². The van der Waals surface area contributed by atoms with Crippen molar-refractivity contribution >= 4 is 11.9 Å². The second-order valence-electron chi connectivity index (χ2n) is 9.95. The smallest absolute Gasteiger partial charge is 0.307 e. The van der Waals surface area contributed by atoms with E-state index in [-0.39, 0.29) is 12.4 Å². The molecule has 0 aliphatic heterocycles. The first-order valence-corrected chi connectivity index (χ1v) is 15.1. The molecule has 1 N–H and O–H groups in total. The average Bonchev–Trinajstić information content (AvgIpc) is 2.87. The molecule has 0 saturated carbocycles. The second-order valence-corrected chi connectivity index (χ2v) is 9.95. The Labute approximate surface area is 228 Å². The molecule has 0 amide bonds. The van der Waals surface area contributed by atoms with Crippen molar-refractivity contribution in [3.05, 3.63) is 48.6 Å². The van der Waals surface area contributed by atoms with Crippen LogP contribution in [0.15, 0.2) is 48.6 Å². The summed E-state index contributed by atoms with van der Waals surface area (Å²) in [5.41, 5.74) is 0. The molecule has 1 atom stereocenters. The van der Waals surface area contributed by atoms with Gasteiger partial charge in [0.1, 0.15) is 6.10 Å². The molecule has 0 saturated heterocycles. The number of rotatable bonds is 26. The highest BCUT2D eigenvalue weighted by Crippen LogP contribution is 2.15. The molecule has 0 fully saturated rings. The standard InChI is InChI=1S/C33H56O4/c1-3-5-7-9-11-13-14-15-16-17-18-19-20-21-23-25-27-29-33(36)37-31(30-32(34)35)28-26-24-22-12-10-8-6-4-2/h11,13,15-16,18-19,21,23,31H,3-10,12,14,17,20,22,24-30H2,1-2H3,(H,34,35)/b13-11-,16-15-,19-18-,23-21-. The van der Waals surface area contributed by atoms with Crippen molar-refractivity contribution in [2.24, 2.45) is 0 Å². The number of carbonyl (C=O) groups excluding carboxylic acids is 1. The largest absolute Gasteiger partial charge is 0.481 e. The lowest BCUT2D eigenvalue weighted by atomic mass is 10.0. The molecule has 37 heavy (non-hydrogen) atoms. The Bertz CT molecular complexity index is 645. The van der Waals surface area contributed by atoms with Gasteiger partial charge in [-0.3, -0.25) is 9.59 Å². The summed E-state index contributed by atoms with van der Waals surface area (Å²) >= 11 is 0. The first kappa shape index (κ1) is 34.9. The van der Waals surface area contributed by atoms with Gasteiger partial charge in [-0.15, -0.1) is 0 Å². The highest BCUT2D eigenvalue weighted by molar-refractivity contribution is 5.71. The third kappa shape index (κ3) is 28.3. The van der Waals surface area contributed by atoms with Crippen LogP contribution in [0, 0.1) is 0 Å². The van der Waals surface area contributed by atoms with Gasteiger partial charge in [0, 0.05) is 6.42 Å². The maximum absolute atomic E-state index is 12.2. The van der Waals surface area contributed by atoms with E-state index in [1.54, 1.807) is 0 Å². The predicted molar refractivity (Wildman–Crippen MR) is 158 cm³/mol. The zero-order valence-electron chi connectivity index (χ0n) is 24.0. The molecule has 0 aromatic rings. The number of carbonyl (C=O) groups is 2. The number of carboxylic acid groups (broad SMARTS) is 1. The van der Waals surface area contributed by atoms with Crippen molar-refractivity contribution in [3.8, 4) is 0 Å². The van der Waals surface area contributed by atoms with Crippen LogP contribution in [0.3, 0.4) is 0 Å². The van der Waals surface area contributed by atoms with E-state index in [1.807, 2.05) is 0 Å². The number of hydrogen-bond donors (Lipinski definition) is 1. The van der Waals surface area contributed by atoms with Crippen LogP contribution in [0.5, 0.6) is 0 Å². The zero-order chi connectivity index (χ0) is 27.2. The van der Waals surface area contributed by atoms with Crippen molar-refractivity contribution < 1.29 is 19.4 Å². The minimum Gasteiger partial charge on any atom is -0.481 e. The first-order chi connectivity index (χ1) is 18.1. The van der Waals surface area contributed by atoms with Crippen LogP contribution in [0.2, 0.25) is 0 Å². The molecule has 0 heterocycles. The monoisotopic (exact) mass is 516 g/mol. The van der Waals surface area contributed by atoms with Gasteiger partial charge in [-0.05, 0) is 57.8 Å². The van der Waals surface area contributed by atoms with Crippen molar-refractivity contribution in [2.75, 3.05) is 0 Å². The molecule has 0 bridgehead atoms. The van der Waals surface area contributed by atoms with Gasteiger partial charge in [-0.1, -0.05) is 120 Å². The van der Waals surface area contributed by atoms with Gasteiger partial charge in [0.2, 0.25) is 0 Å². The fourth-order valence-corrected chi connectivity index (χ4v) is 4.07. The predicted octanol–water partition coefficient (Wildman–Crippen LogP) is 10.0. The minimum atomic E-state index is -0.904. The third-order valence-electron chi connectivity index (χ3n) is 6.29. The Morgan fingerprint density at radius 2 is 1.08 bits per heavy atom. The van der Waals surface area contributed by atoms with Crippen LogP contribution in [0.25, 0.3) is 0 Å². The summed E-state index contributed by atoms with van der Waals surface area (Å²) in [5.74, 6) is -1.18. The minimum absolute atomic E-state index is 0.0978. The number of allylic oxidation sites excluding steroid dienone is 8. The summed E-state index contributed by atoms with van der Waals surface area (Å²) in [4.78, 5) is 23.3. The van der Waals surface area contributed by atoms with Crippen LogP contribution in [0.1, 0.15) is 142 Å². The fraction of sp³-hybridized carbons (Fsp3) is 0.697. The summed E-state index contributed by atoms with van der Waals surface area (Å²) < 4.78 is 5.48. The molecule has 0 aromatic heterocycles. The molecule has 0 aliphatic carbocycles. The molecule has 4 heteroatoms.